The number of halogens is 1. The van der Waals surface area contributed by atoms with Gasteiger partial charge in [-0.25, -0.2) is 9.18 Å². The summed E-state index contributed by atoms with van der Waals surface area (Å²) in [5, 5.41) is 3.83. The van der Waals surface area contributed by atoms with Gasteiger partial charge in [0.25, 0.3) is 0 Å². The molecule has 0 saturated heterocycles. The Labute approximate surface area is 163 Å². The van der Waals surface area contributed by atoms with E-state index < -0.39 is 0 Å². The van der Waals surface area contributed by atoms with Crippen LogP contribution in [0.4, 0.5) is 10.1 Å². The van der Waals surface area contributed by atoms with Crippen molar-refractivity contribution in [3.63, 3.8) is 0 Å². The highest BCUT2D eigenvalue weighted by Gasteiger charge is 2.16. The molecular formula is C21H21FN2O2S. The van der Waals surface area contributed by atoms with Gasteiger partial charge in [0, 0.05) is 18.8 Å². The Morgan fingerprint density at radius 1 is 1.19 bits per heavy atom. The minimum Gasteiger partial charge on any atom is -0.462 e. The van der Waals surface area contributed by atoms with Crippen molar-refractivity contribution in [1.82, 2.24) is 4.90 Å². The van der Waals surface area contributed by atoms with E-state index in [1.807, 2.05) is 12.1 Å². The molecule has 1 heterocycles. The normalized spacial score (nSPS) is 13.7. The minimum atomic E-state index is -0.332. The Balaban J connectivity index is 1.57. The van der Waals surface area contributed by atoms with Crippen LogP contribution in [-0.4, -0.2) is 35.7 Å². The molecule has 0 radical (unpaired) electrons. The van der Waals surface area contributed by atoms with Crippen LogP contribution in [0.5, 0.6) is 0 Å². The summed E-state index contributed by atoms with van der Waals surface area (Å²) < 4.78 is 18.0. The van der Waals surface area contributed by atoms with Crippen molar-refractivity contribution in [3.05, 3.63) is 71.6 Å². The maximum absolute atomic E-state index is 13.1. The van der Waals surface area contributed by atoms with E-state index in [4.69, 9.17) is 17.0 Å². The van der Waals surface area contributed by atoms with Crippen LogP contribution in [-0.2, 0) is 4.74 Å². The average Bonchev–Trinajstić information content (AvgIpc) is 2.69. The second-order valence-electron chi connectivity index (χ2n) is 6.16. The fraction of sp³-hybridized carbons (Fsp3) is 0.238. The first-order chi connectivity index (χ1) is 13.1. The predicted molar refractivity (Wildman–Crippen MR) is 109 cm³/mol. The molecule has 0 aliphatic carbocycles. The second kappa shape index (κ2) is 8.77. The average molecular weight is 384 g/mol. The molecule has 1 aliphatic rings. The molecule has 6 heteroatoms. The van der Waals surface area contributed by atoms with E-state index in [2.05, 4.69) is 16.3 Å². The topological polar surface area (TPSA) is 41.6 Å². The smallest absolute Gasteiger partial charge is 0.338 e. The summed E-state index contributed by atoms with van der Waals surface area (Å²) in [6.07, 6.45) is 2.96. The lowest BCUT2D eigenvalue weighted by Gasteiger charge is -2.29. The van der Waals surface area contributed by atoms with Gasteiger partial charge in [0.15, 0.2) is 5.11 Å². The van der Waals surface area contributed by atoms with Gasteiger partial charge in [0.1, 0.15) is 5.82 Å². The maximum atomic E-state index is 13.1. The monoisotopic (exact) mass is 384 g/mol. The number of esters is 1. The van der Waals surface area contributed by atoms with Crippen LogP contribution in [0.15, 0.2) is 54.6 Å². The number of hydrogen-bond acceptors (Lipinski definition) is 3. The number of carbonyl (C=O) groups excluding carboxylic acids is 1. The van der Waals surface area contributed by atoms with Crippen molar-refractivity contribution in [2.45, 2.75) is 13.3 Å². The molecule has 2 aromatic rings. The fourth-order valence-corrected chi connectivity index (χ4v) is 3.17. The molecule has 140 valence electrons. The van der Waals surface area contributed by atoms with Crippen LogP contribution in [0.3, 0.4) is 0 Å². The number of anilines is 1. The maximum Gasteiger partial charge on any atom is 0.338 e. The van der Waals surface area contributed by atoms with Crippen molar-refractivity contribution >= 4 is 34.6 Å². The summed E-state index contributed by atoms with van der Waals surface area (Å²) in [6, 6.07) is 13.6. The number of nitrogens with zero attached hydrogens (tertiary/aromatic N) is 1. The molecule has 0 fully saturated rings. The first kappa shape index (κ1) is 19.0. The zero-order chi connectivity index (χ0) is 19.2. The molecule has 0 spiro atoms. The summed E-state index contributed by atoms with van der Waals surface area (Å²) >= 11 is 5.50. The molecule has 0 bridgehead atoms. The van der Waals surface area contributed by atoms with Gasteiger partial charge in [-0.1, -0.05) is 18.2 Å². The number of benzene rings is 2. The Hall–Kier alpha value is -2.73. The largest absolute Gasteiger partial charge is 0.462 e. The van der Waals surface area contributed by atoms with Gasteiger partial charge >= 0.3 is 5.97 Å². The van der Waals surface area contributed by atoms with E-state index in [1.165, 1.54) is 17.7 Å². The minimum absolute atomic E-state index is 0.226. The van der Waals surface area contributed by atoms with Gasteiger partial charge in [-0.05, 0) is 73.1 Å². The van der Waals surface area contributed by atoms with Crippen LogP contribution >= 0.6 is 12.2 Å². The Kier molecular flexibility index (Phi) is 6.19. The molecule has 0 unspecified atom stereocenters. The summed E-state index contributed by atoms with van der Waals surface area (Å²) in [5.41, 5.74) is 3.58. The van der Waals surface area contributed by atoms with Crippen LogP contribution in [0, 0.1) is 5.82 Å². The number of nitrogens with one attached hydrogen (secondary N) is 1. The standard InChI is InChI=1S/C21H21FN2O2S/c1-2-26-20(25)17-5-9-19(10-6-17)23-21(27)24-13-11-16(12-14-24)15-3-7-18(22)8-4-15/h3-11H,2,12-14H2,1H3,(H,23,27). The summed E-state index contributed by atoms with van der Waals surface area (Å²) in [4.78, 5) is 13.8. The Bertz CT molecular complexity index is 847. The highest BCUT2D eigenvalue weighted by atomic mass is 32.1. The number of thiocarbonyl (C=S) groups is 1. The third kappa shape index (κ3) is 4.92. The van der Waals surface area contributed by atoms with Crippen LogP contribution in [0.2, 0.25) is 0 Å². The second-order valence-corrected chi connectivity index (χ2v) is 6.55. The van der Waals surface area contributed by atoms with Gasteiger partial charge < -0.3 is 15.0 Å². The van der Waals surface area contributed by atoms with Crippen molar-refractivity contribution in [3.8, 4) is 0 Å². The Morgan fingerprint density at radius 2 is 1.89 bits per heavy atom. The molecule has 27 heavy (non-hydrogen) atoms. The van der Waals surface area contributed by atoms with E-state index >= 15 is 0 Å². The lowest BCUT2D eigenvalue weighted by Crippen LogP contribution is -2.37. The van der Waals surface area contributed by atoms with Gasteiger partial charge in [0.05, 0.1) is 12.2 Å². The lowest BCUT2D eigenvalue weighted by atomic mass is 10.00. The van der Waals surface area contributed by atoms with E-state index in [-0.39, 0.29) is 11.8 Å². The van der Waals surface area contributed by atoms with E-state index in [0.717, 1.165) is 24.2 Å². The highest BCUT2D eigenvalue weighted by molar-refractivity contribution is 7.80. The number of hydrogen-bond donors (Lipinski definition) is 1. The molecule has 3 rings (SSSR count). The van der Waals surface area contributed by atoms with Gasteiger partial charge in [-0.2, -0.15) is 0 Å². The molecule has 0 aromatic heterocycles. The van der Waals surface area contributed by atoms with E-state index in [1.54, 1.807) is 31.2 Å². The third-order valence-electron chi connectivity index (χ3n) is 4.36. The summed E-state index contributed by atoms with van der Waals surface area (Å²) in [5.74, 6) is -0.558. The fourth-order valence-electron chi connectivity index (χ4n) is 2.89. The molecule has 0 amide bonds. The van der Waals surface area contributed by atoms with Crippen LogP contribution < -0.4 is 5.32 Å². The van der Waals surface area contributed by atoms with E-state index in [0.29, 0.717) is 23.8 Å². The molecule has 1 aliphatic heterocycles. The van der Waals surface area contributed by atoms with Gasteiger partial charge in [-0.15, -0.1) is 0 Å². The lowest BCUT2D eigenvalue weighted by molar-refractivity contribution is 0.0526. The number of carbonyl (C=O) groups is 1. The van der Waals surface area contributed by atoms with Gasteiger partial charge in [0.2, 0.25) is 0 Å². The van der Waals surface area contributed by atoms with Gasteiger partial charge in [-0.3, -0.25) is 0 Å². The highest BCUT2D eigenvalue weighted by Crippen LogP contribution is 2.23. The SMILES string of the molecule is CCOC(=O)c1ccc(NC(=S)N2CC=C(c3ccc(F)cc3)CC2)cc1. The quantitative estimate of drug-likeness (QED) is 0.621. The zero-order valence-corrected chi connectivity index (χ0v) is 15.9. The molecule has 1 N–H and O–H groups in total. The molecule has 0 atom stereocenters. The molecule has 0 saturated carbocycles. The summed E-state index contributed by atoms with van der Waals surface area (Å²) in [6.45, 7) is 3.61. The van der Waals surface area contributed by atoms with Crippen LogP contribution in [0.25, 0.3) is 5.57 Å². The number of rotatable bonds is 4. The third-order valence-corrected chi connectivity index (χ3v) is 4.72. The van der Waals surface area contributed by atoms with Crippen molar-refractivity contribution in [2.24, 2.45) is 0 Å². The predicted octanol–water partition coefficient (Wildman–Crippen LogP) is 4.49. The summed E-state index contributed by atoms with van der Waals surface area (Å²) in [7, 11) is 0. The van der Waals surface area contributed by atoms with Crippen molar-refractivity contribution in [1.29, 1.82) is 0 Å². The molecule has 2 aromatic carbocycles. The van der Waals surface area contributed by atoms with Crippen molar-refractivity contribution < 1.29 is 13.9 Å². The Morgan fingerprint density at radius 3 is 2.48 bits per heavy atom. The first-order valence-electron chi connectivity index (χ1n) is 8.85. The molecule has 4 nitrogen and oxygen atoms in total. The molecular weight excluding hydrogens is 363 g/mol. The zero-order valence-electron chi connectivity index (χ0n) is 15.1. The van der Waals surface area contributed by atoms with E-state index in [9.17, 15) is 9.18 Å². The van der Waals surface area contributed by atoms with Crippen LogP contribution in [0.1, 0.15) is 29.3 Å². The van der Waals surface area contributed by atoms with Crippen molar-refractivity contribution in [2.75, 3.05) is 25.0 Å². The number of ether oxygens (including phenoxy) is 1. The first-order valence-corrected chi connectivity index (χ1v) is 9.25.